The summed E-state index contributed by atoms with van der Waals surface area (Å²) in [4.78, 5) is 24.6. The molecule has 7 nitrogen and oxygen atoms in total. The number of amides is 1. The van der Waals surface area contributed by atoms with Crippen LogP contribution in [-0.4, -0.2) is 76.7 Å². The highest BCUT2D eigenvalue weighted by atomic mass is 19.4. The van der Waals surface area contributed by atoms with Crippen molar-refractivity contribution < 1.29 is 31.5 Å². The average molecular weight is 477 g/mol. The van der Waals surface area contributed by atoms with E-state index in [2.05, 4.69) is 16.5 Å². The minimum absolute atomic E-state index is 0.106. The lowest BCUT2D eigenvalue weighted by molar-refractivity contribution is -0.138. The van der Waals surface area contributed by atoms with Crippen LogP contribution in [0.3, 0.4) is 0 Å². The van der Waals surface area contributed by atoms with Gasteiger partial charge in [0, 0.05) is 63.8 Å². The van der Waals surface area contributed by atoms with Gasteiger partial charge in [0.05, 0.1) is 11.5 Å². The molecule has 0 aromatic carbocycles. The maximum Gasteiger partial charge on any atom is 0.419 e. The summed E-state index contributed by atoms with van der Waals surface area (Å²) in [6.07, 6.45) is -4.20. The minimum Gasteiger partial charge on any atom is -0.444 e. The Hall–Kier alpha value is -2.66. The van der Waals surface area contributed by atoms with E-state index in [-0.39, 0.29) is 24.7 Å². The van der Waals surface area contributed by atoms with Crippen molar-refractivity contribution in [2.45, 2.75) is 44.9 Å². The molecule has 0 aliphatic carbocycles. The first-order chi connectivity index (χ1) is 15.2. The van der Waals surface area contributed by atoms with Gasteiger partial charge in [-0.3, -0.25) is 0 Å². The van der Waals surface area contributed by atoms with Gasteiger partial charge >= 0.3 is 12.3 Å². The number of anilines is 1. The number of carbonyl (C=O) groups is 1. The van der Waals surface area contributed by atoms with Gasteiger partial charge < -0.3 is 19.4 Å². The number of halogens is 5. The van der Waals surface area contributed by atoms with Crippen LogP contribution < -0.4 is 4.90 Å². The summed E-state index contributed by atoms with van der Waals surface area (Å²) in [6, 6.07) is 0. The van der Waals surface area contributed by atoms with Gasteiger partial charge in [-0.25, -0.2) is 23.5 Å². The molecule has 1 unspecified atom stereocenters. The highest BCUT2D eigenvalue weighted by Crippen LogP contribution is 2.39. The molecule has 0 N–H and O–H groups in total. The monoisotopic (exact) mass is 477 g/mol. The van der Waals surface area contributed by atoms with Gasteiger partial charge in [-0.1, -0.05) is 6.58 Å². The van der Waals surface area contributed by atoms with Crippen molar-refractivity contribution in [1.29, 1.82) is 0 Å². The Morgan fingerprint density at radius 3 is 2.15 bits per heavy atom. The molecule has 2 saturated heterocycles. The van der Waals surface area contributed by atoms with Crippen molar-refractivity contribution in [3.05, 3.63) is 30.2 Å². The quantitative estimate of drug-likeness (QED) is 0.613. The molecule has 33 heavy (non-hydrogen) atoms. The molecule has 3 heterocycles. The maximum atomic E-state index is 14.7. The fourth-order valence-corrected chi connectivity index (χ4v) is 3.79. The minimum atomic E-state index is -4.52. The third-order valence-corrected chi connectivity index (χ3v) is 5.62. The Balaban J connectivity index is 1.62. The molecule has 1 amide bonds. The van der Waals surface area contributed by atoms with Crippen molar-refractivity contribution in [2.24, 2.45) is 5.92 Å². The highest BCUT2D eigenvalue weighted by molar-refractivity contribution is 5.68. The molecule has 0 radical (unpaired) electrons. The molecule has 1 aromatic heterocycles. The summed E-state index contributed by atoms with van der Waals surface area (Å²) in [7, 11) is 0. The Morgan fingerprint density at radius 2 is 1.64 bits per heavy atom. The van der Waals surface area contributed by atoms with E-state index in [0.29, 0.717) is 26.2 Å². The zero-order valence-electron chi connectivity index (χ0n) is 18.8. The molecule has 2 fully saturated rings. The molecular formula is C21H28F5N5O2. The summed E-state index contributed by atoms with van der Waals surface area (Å²) < 4.78 is 72.9. The summed E-state index contributed by atoms with van der Waals surface area (Å²) in [5.74, 6) is -4.14. The highest BCUT2D eigenvalue weighted by Gasteiger charge is 2.48. The lowest BCUT2D eigenvalue weighted by Crippen LogP contribution is -2.54. The van der Waals surface area contributed by atoms with Crippen LogP contribution in [0.2, 0.25) is 0 Å². The van der Waals surface area contributed by atoms with Crippen LogP contribution >= 0.6 is 0 Å². The Morgan fingerprint density at radius 1 is 1.06 bits per heavy atom. The Bertz CT molecular complexity index is 861. The second kappa shape index (κ2) is 8.94. The van der Waals surface area contributed by atoms with E-state index in [0.717, 1.165) is 12.4 Å². The van der Waals surface area contributed by atoms with Crippen LogP contribution in [-0.2, 0) is 10.9 Å². The van der Waals surface area contributed by atoms with Crippen LogP contribution in [0.5, 0.6) is 0 Å². The third kappa shape index (κ3) is 6.02. The van der Waals surface area contributed by atoms with Gasteiger partial charge in [-0.05, 0) is 20.8 Å². The van der Waals surface area contributed by atoms with E-state index < -0.39 is 41.7 Å². The smallest absolute Gasteiger partial charge is 0.419 e. The van der Waals surface area contributed by atoms with Gasteiger partial charge in [0.1, 0.15) is 5.60 Å². The van der Waals surface area contributed by atoms with E-state index in [9.17, 15) is 26.7 Å². The lowest BCUT2D eigenvalue weighted by atomic mass is 9.90. The first kappa shape index (κ1) is 25.0. The predicted molar refractivity (Wildman–Crippen MR) is 111 cm³/mol. The Kier molecular flexibility index (Phi) is 6.77. The lowest BCUT2D eigenvalue weighted by Gasteiger charge is -2.44. The molecule has 1 atom stereocenters. The van der Waals surface area contributed by atoms with Crippen LogP contribution in [0.1, 0.15) is 32.8 Å². The number of piperidine rings is 1. The van der Waals surface area contributed by atoms with Crippen molar-refractivity contribution in [2.75, 3.05) is 44.2 Å². The molecule has 0 saturated carbocycles. The second-order valence-corrected chi connectivity index (χ2v) is 9.22. The zero-order valence-corrected chi connectivity index (χ0v) is 18.8. The van der Waals surface area contributed by atoms with Crippen molar-refractivity contribution >= 4 is 12.0 Å². The number of aromatic nitrogens is 2. The summed E-state index contributed by atoms with van der Waals surface area (Å²) in [5, 5.41) is 0. The Labute approximate surface area is 189 Å². The number of likely N-dealkylation sites (tertiary alicyclic amines) is 1. The number of piperazine rings is 1. The number of nitrogens with zero attached hydrogens (tertiary/aromatic N) is 5. The molecule has 2 aliphatic rings. The van der Waals surface area contributed by atoms with E-state index in [1.54, 1.807) is 30.6 Å². The number of hydrogen-bond donors (Lipinski definition) is 0. The molecule has 0 bridgehead atoms. The SMILES string of the molecule is C=C(C1CN(C(=O)OC(C)(C)C)CCC1(F)F)N1CCN(c2ncc(C(F)(F)F)cn2)CC1. The van der Waals surface area contributed by atoms with E-state index in [4.69, 9.17) is 4.74 Å². The second-order valence-electron chi connectivity index (χ2n) is 9.22. The largest absolute Gasteiger partial charge is 0.444 e. The van der Waals surface area contributed by atoms with E-state index in [1.807, 2.05) is 0 Å². The van der Waals surface area contributed by atoms with E-state index >= 15 is 0 Å². The van der Waals surface area contributed by atoms with Crippen LogP contribution in [0.25, 0.3) is 0 Å². The molecular weight excluding hydrogens is 449 g/mol. The van der Waals surface area contributed by atoms with Gasteiger partial charge in [0.25, 0.3) is 5.92 Å². The maximum absolute atomic E-state index is 14.7. The number of hydrogen-bond acceptors (Lipinski definition) is 6. The normalized spacial score (nSPS) is 21.7. The standard InChI is InChI=1S/C21H28F5N5O2/c1-14(16-13-31(6-5-20(16,22)23)18(32)33-19(2,3)4)29-7-9-30(10-8-29)17-27-11-15(12-28-17)21(24,25)26/h11-12,16H,1,5-10,13H2,2-4H3. The zero-order chi connectivity index (χ0) is 24.6. The molecule has 184 valence electrons. The van der Waals surface area contributed by atoms with Crippen molar-refractivity contribution in [1.82, 2.24) is 19.8 Å². The summed E-state index contributed by atoms with van der Waals surface area (Å²) in [5.41, 5.74) is -1.45. The molecule has 3 rings (SSSR count). The van der Waals surface area contributed by atoms with Crippen LogP contribution in [0.15, 0.2) is 24.7 Å². The predicted octanol–water partition coefficient (Wildman–Crippen LogP) is 4.02. The number of rotatable bonds is 3. The molecule has 1 aromatic rings. The van der Waals surface area contributed by atoms with Crippen LogP contribution in [0.4, 0.5) is 32.7 Å². The first-order valence-corrected chi connectivity index (χ1v) is 10.6. The topological polar surface area (TPSA) is 61.8 Å². The van der Waals surface area contributed by atoms with Gasteiger partial charge in [0.2, 0.25) is 5.95 Å². The van der Waals surface area contributed by atoms with Crippen molar-refractivity contribution in [3.63, 3.8) is 0 Å². The fraction of sp³-hybridized carbons (Fsp3) is 0.667. The molecule has 12 heteroatoms. The van der Waals surface area contributed by atoms with Gasteiger partial charge in [0.15, 0.2) is 0 Å². The van der Waals surface area contributed by atoms with Crippen LogP contribution in [0, 0.1) is 5.92 Å². The number of carbonyl (C=O) groups excluding carboxylic acids is 1. The van der Waals surface area contributed by atoms with Crippen molar-refractivity contribution in [3.8, 4) is 0 Å². The molecule has 2 aliphatic heterocycles. The van der Waals surface area contributed by atoms with Gasteiger partial charge in [-0.2, -0.15) is 13.2 Å². The van der Waals surface area contributed by atoms with Gasteiger partial charge in [-0.15, -0.1) is 0 Å². The number of alkyl halides is 5. The van der Waals surface area contributed by atoms with E-state index in [1.165, 1.54) is 4.90 Å². The summed E-state index contributed by atoms with van der Waals surface area (Å²) in [6.45, 7) is 10.0. The molecule has 0 spiro atoms. The number of ether oxygens (including phenoxy) is 1. The summed E-state index contributed by atoms with van der Waals surface area (Å²) >= 11 is 0. The average Bonchev–Trinajstić information content (AvgIpc) is 2.71. The first-order valence-electron chi connectivity index (χ1n) is 10.6. The fourth-order valence-electron chi connectivity index (χ4n) is 3.79. The third-order valence-electron chi connectivity index (χ3n) is 5.62.